The van der Waals surface area contributed by atoms with Crippen molar-refractivity contribution in [3.8, 4) is 0 Å². The zero-order valence-electron chi connectivity index (χ0n) is 18.7. The third kappa shape index (κ3) is 9.63. The van der Waals surface area contributed by atoms with Gasteiger partial charge in [-0.3, -0.25) is 0 Å². The molecule has 0 aliphatic heterocycles. The molecule has 172 valence electrons. The number of carbonyl (C=O) groups excluding carboxylic acids is 3. The summed E-state index contributed by atoms with van der Waals surface area (Å²) in [6.45, 7) is 5.54. The van der Waals surface area contributed by atoms with Crippen LogP contribution in [0, 0.1) is 5.41 Å². The van der Waals surface area contributed by atoms with Crippen molar-refractivity contribution in [2.75, 3.05) is 19.8 Å². The Morgan fingerprint density at radius 1 is 0.968 bits per heavy atom. The van der Waals surface area contributed by atoms with Gasteiger partial charge < -0.3 is 24.7 Å². The maximum atomic E-state index is 12.1. The summed E-state index contributed by atoms with van der Waals surface area (Å²) in [6.07, 6.45) is 8.26. The molecule has 8 heteroatoms. The van der Waals surface area contributed by atoms with Gasteiger partial charge in [-0.05, 0) is 45.4 Å². The van der Waals surface area contributed by atoms with Crippen LogP contribution in [0.1, 0.15) is 59.3 Å². The molecular formula is C23H34N2O6. The van der Waals surface area contributed by atoms with Crippen LogP contribution < -0.4 is 15.4 Å². The lowest BCUT2D eigenvalue weighted by atomic mass is 9.71. The van der Waals surface area contributed by atoms with E-state index in [1.54, 1.807) is 20.8 Å². The van der Waals surface area contributed by atoms with Crippen molar-refractivity contribution in [2.24, 2.45) is 5.41 Å². The molecule has 0 amide bonds. The van der Waals surface area contributed by atoms with E-state index in [9.17, 15) is 19.5 Å². The molecule has 0 bridgehead atoms. The fourth-order valence-electron chi connectivity index (χ4n) is 3.57. The molecule has 0 saturated heterocycles. The molecule has 2 rings (SSSR count). The van der Waals surface area contributed by atoms with Gasteiger partial charge in [0.05, 0.1) is 13.2 Å². The predicted octanol–water partition coefficient (Wildman–Crippen LogP) is 1.57. The minimum absolute atomic E-state index is 0.0403. The largest absolute Gasteiger partial charge is 0.550 e. The fourth-order valence-corrected chi connectivity index (χ4v) is 3.57. The average Bonchev–Trinajstić information content (AvgIpc) is 2.75. The second-order valence-corrected chi connectivity index (χ2v) is 7.48. The summed E-state index contributed by atoms with van der Waals surface area (Å²) in [6, 6.07) is 5.86. The number of pyridine rings is 1. The number of aromatic nitrogens is 1. The fraction of sp³-hybridized carbons (Fsp3) is 0.565. The van der Waals surface area contributed by atoms with Gasteiger partial charge in [-0.25, -0.2) is 14.6 Å². The molecule has 0 spiro atoms. The first-order chi connectivity index (χ1) is 14.8. The minimum Gasteiger partial charge on any atom is -0.550 e. The number of rotatable bonds is 9. The zero-order chi connectivity index (χ0) is 23.1. The van der Waals surface area contributed by atoms with Gasteiger partial charge in [-0.15, -0.1) is 0 Å². The van der Waals surface area contributed by atoms with Crippen LogP contribution in [0.15, 0.2) is 41.9 Å². The van der Waals surface area contributed by atoms with Crippen molar-refractivity contribution in [3.05, 3.63) is 41.9 Å². The Bertz CT molecular complexity index is 680. The van der Waals surface area contributed by atoms with E-state index >= 15 is 0 Å². The summed E-state index contributed by atoms with van der Waals surface area (Å²) in [4.78, 5) is 38.2. The highest BCUT2D eigenvalue weighted by molar-refractivity contribution is 6.14. The lowest BCUT2D eigenvalue weighted by molar-refractivity contribution is -0.378. The summed E-state index contributed by atoms with van der Waals surface area (Å²) in [5, 5.41) is 14.2. The normalized spacial score (nSPS) is 14.3. The monoisotopic (exact) mass is 434 g/mol. The SMILES string of the molecule is CCOC(=O)C(C(=O)OCC)=C(C)NCC1(CC(=O)[O-])CCCCC1.c1cc[nH+]cc1. The molecule has 1 fully saturated rings. The van der Waals surface area contributed by atoms with Crippen molar-refractivity contribution in [2.45, 2.75) is 59.3 Å². The topological polar surface area (TPSA) is 119 Å². The van der Waals surface area contributed by atoms with E-state index in [1.807, 2.05) is 30.6 Å². The summed E-state index contributed by atoms with van der Waals surface area (Å²) in [5.41, 5.74) is -0.268. The van der Waals surface area contributed by atoms with Gasteiger partial charge in [0, 0.05) is 30.3 Å². The molecule has 1 aliphatic rings. The molecule has 1 heterocycles. The third-order valence-corrected chi connectivity index (χ3v) is 5.10. The van der Waals surface area contributed by atoms with E-state index in [4.69, 9.17) is 9.47 Å². The standard InChI is InChI=1S/C18H29NO6.C5H5N/c1-4-24-16(22)15(17(23)25-5-2)13(3)19-12-18(11-14(20)21)9-7-6-8-10-18;1-2-4-6-5-3-1/h19H,4-12H2,1-3H3,(H,20,21);1-5H. The van der Waals surface area contributed by atoms with Gasteiger partial charge >= 0.3 is 11.9 Å². The van der Waals surface area contributed by atoms with Crippen LogP contribution in [0.4, 0.5) is 0 Å². The number of hydrogen-bond acceptors (Lipinski definition) is 7. The molecule has 1 aromatic rings. The van der Waals surface area contributed by atoms with Crippen molar-refractivity contribution >= 4 is 17.9 Å². The molecule has 0 radical (unpaired) electrons. The zero-order valence-corrected chi connectivity index (χ0v) is 18.7. The van der Waals surface area contributed by atoms with Crippen molar-refractivity contribution < 1.29 is 33.9 Å². The maximum absolute atomic E-state index is 12.1. The molecule has 2 N–H and O–H groups in total. The Labute approximate surface area is 184 Å². The Balaban J connectivity index is 0.000000683. The van der Waals surface area contributed by atoms with E-state index in [1.165, 1.54) is 0 Å². The summed E-state index contributed by atoms with van der Waals surface area (Å²) in [7, 11) is 0. The Morgan fingerprint density at radius 3 is 1.90 bits per heavy atom. The predicted molar refractivity (Wildman–Crippen MR) is 112 cm³/mol. The van der Waals surface area contributed by atoms with E-state index in [2.05, 4.69) is 10.3 Å². The lowest BCUT2D eigenvalue weighted by Gasteiger charge is -2.38. The number of hydrogen-bond donors (Lipinski definition) is 1. The molecule has 0 unspecified atom stereocenters. The van der Waals surface area contributed by atoms with Crippen LogP contribution in [-0.2, 0) is 23.9 Å². The number of allylic oxidation sites excluding steroid dienone is 1. The quantitative estimate of drug-likeness (QED) is 0.271. The van der Waals surface area contributed by atoms with Gasteiger partial charge in [0.1, 0.15) is 0 Å². The highest BCUT2D eigenvalue weighted by Crippen LogP contribution is 2.38. The summed E-state index contributed by atoms with van der Waals surface area (Å²) < 4.78 is 9.86. The first kappa shape index (κ1) is 26.1. The Hall–Kier alpha value is -2.90. The maximum Gasteiger partial charge on any atom is 0.347 e. The molecule has 31 heavy (non-hydrogen) atoms. The second-order valence-electron chi connectivity index (χ2n) is 7.48. The molecule has 0 atom stereocenters. The van der Waals surface area contributed by atoms with E-state index < -0.39 is 23.3 Å². The molecule has 1 aromatic heterocycles. The van der Waals surface area contributed by atoms with Crippen LogP contribution in [0.3, 0.4) is 0 Å². The first-order valence-electron chi connectivity index (χ1n) is 10.7. The number of ether oxygens (including phenoxy) is 2. The Morgan fingerprint density at radius 2 is 1.52 bits per heavy atom. The van der Waals surface area contributed by atoms with Gasteiger partial charge in [0.2, 0.25) is 0 Å². The van der Waals surface area contributed by atoms with Crippen LogP contribution >= 0.6 is 0 Å². The highest BCUT2D eigenvalue weighted by Gasteiger charge is 2.33. The number of aliphatic carboxylic acids is 1. The molecule has 0 aromatic carbocycles. The van der Waals surface area contributed by atoms with E-state index in [0.717, 1.165) is 32.1 Å². The summed E-state index contributed by atoms with van der Waals surface area (Å²) >= 11 is 0. The molecule has 1 aliphatic carbocycles. The number of esters is 2. The van der Waals surface area contributed by atoms with Gasteiger partial charge in [-0.1, -0.05) is 25.3 Å². The van der Waals surface area contributed by atoms with Crippen LogP contribution in [-0.4, -0.2) is 37.7 Å². The lowest BCUT2D eigenvalue weighted by Crippen LogP contribution is -2.41. The number of carbonyl (C=O) groups is 3. The minimum atomic E-state index is -1.08. The number of carboxylic acids is 1. The van der Waals surface area contributed by atoms with Crippen molar-refractivity contribution in [1.82, 2.24) is 5.32 Å². The summed E-state index contributed by atoms with van der Waals surface area (Å²) in [5.74, 6) is -2.58. The number of nitrogens with one attached hydrogen (secondary N) is 2. The molecular weight excluding hydrogens is 400 g/mol. The van der Waals surface area contributed by atoms with Gasteiger partial charge in [-0.2, -0.15) is 0 Å². The average molecular weight is 435 g/mol. The van der Waals surface area contributed by atoms with Gasteiger partial charge in [0.25, 0.3) is 0 Å². The smallest absolute Gasteiger partial charge is 0.347 e. The molecule has 1 saturated carbocycles. The number of carboxylic acid groups (broad SMARTS) is 1. The van der Waals surface area contributed by atoms with Crippen LogP contribution in [0.25, 0.3) is 0 Å². The number of aromatic amines is 1. The first-order valence-corrected chi connectivity index (χ1v) is 10.7. The Kier molecular flexibility index (Phi) is 11.9. The van der Waals surface area contributed by atoms with E-state index in [0.29, 0.717) is 12.2 Å². The second kappa shape index (κ2) is 14.2. The van der Waals surface area contributed by atoms with Crippen molar-refractivity contribution in [1.29, 1.82) is 0 Å². The van der Waals surface area contributed by atoms with Crippen LogP contribution in [0.2, 0.25) is 0 Å². The molecule has 8 nitrogen and oxygen atoms in total. The van der Waals surface area contributed by atoms with E-state index in [-0.39, 0.29) is 25.2 Å². The number of H-pyrrole nitrogens is 1. The van der Waals surface area contributed by atoms with Gasteiger partial charge in [0.15, 0.2) is 18.0 Å². The van der Waals surface area contributed by atoms with Crippen LogP contribution in [0.5, 0.6) is 0 Å². The highest BCUT2D eigenvalue weighted by atomic mass is 16.6. The van der Waals surface area contributed by atoms with Crippen molar-refractivity contribution in [3.63, 3.8) is 0 Å². The third-order valence-electron chi connectivity index (χ3n) is 5.10.